The molecule has 0 bridgehead atoms. The highest BCUT2D eigenvalue weighted by Gasteiger charge is 2.20. The number of nitrogens with one attached hydrogen (secondary N) is 1. The summed E-state index contributed by atoms with van der Waals surface area (Å²) in [6, 6.07) is 3.39. The number of hydrogen-bond donors (Lipinski definition) is 1. The molecule has 0 unspecified atom stereocenters. The van der Waals surface area contributed by atoms with Gasteiger partial charge in [-0.15, -0.1) is 0 Å². The van der Waals surface area contributed by atoms with Gasteiger partial charge in [-0.05, 0) is 44.0 Å². The molecule has 0 heterocycles. The Bertz CT molecular complexity index is 649. The maximum absolute atomic E-state index is 12.5. The van der Waals surface area contributed by atoms with Crippen molar-refractivity contribution in [1.82, 2.24) is 4.72 Å². The van der Waals surface area contributed by atoms with Crippen LogP contribution in [0.1, 0.15) is 30.9 Å². The van der Waals surface area contributed by atoms with Gasteiger partial charge in [0.05, 0.1) is 24.5 Å². The number of esters is 1. The molecule has 25 heavy (non-hydrogen) atoms. The fourth-order valence-corrected chi connectivity index (χ4v) is 3.88. The van der Waals surface area contributed by atoms with Crippen LogP contribution in [0.25, 0.3) is 0 Å². The standard InChI is InChI=1S/C17H27NO6S/c1-5-23-16(19)7-8-18-25(20,21)17-13(2)11-15(12-14(17)3)24-10-6-9-22-4/h11-12,18H,5-10H2,1-4H3. The second-order valence-corrected chi connectivity index (χ2v) is 7.24. The predicted molar refractivity (Wildman–Crippen MR) is 94.3 cm³/mol. The lowest BCUT2D eigenvalue weighted by Crippen LogP contribution is -2.28. The molecule has 1 aromatic rings. The van der Waals surface area contributed by atoms with Crippen LogP contribution in [-0.4, -0.2) is 47.9 Å². The zero-order chi connectivity index (χ0) is 18.9. The van der Waals surface area contributed by atoms with E-state index >= 15 is 0 Å². The van der Waals surface area contributed by atoms with Crippen LogP contribution in [0.5, 0.6) is 5.75 Å². The minimum atomic E-state index is -3.71. The lowest BCUT2D eigenvalue weighted by Gasteiger charge is -2.14. The van der Waals surface area contributed by atoms with Gasteiger partial charge in [-0.2, -0.15) is 0 Å². The molecule has 0 saturated carbocycles. The topological polar surface area (TPSA) is 90.9 Å². The lowest BCUT2D eigenvalue weighted by molar-refractivity contribution is -0.142. The SMILES string of the molecule is CCOC(=O)CCNS(=O)(=O)c1c(C)cc(OCCCOC)cc1C. The molecular formula is C17H27NO6S. The second kappa shape index (κ2) is 10.4. The van der Waals surface area contributed by atoms with Crippen molar-refractivity contribution in [2.24, 2.45) is 0 Å². The Hall–Kier alpha value is -1.64. The van der Waals surface area contributed by atoms with Crippen molar-refractivity contribution in [3.05, 3.63) is 23.3 Å². The van der Waals surface area contributed by atoms with Crippen LogP contribution in [0.3, 0.4) is 0 Å². The minimum Gasteiger partial charge on any atom is -0.493 e. The molecule has 8 heteroatoms. The van der Waals surface area contributed by atoms with Crippen molar-refractivity contribution in [1.29, 1.82) is 0 Å². The molecule has 0 radical (unpaired) electrons. The first kappa shape index (κ1) is 21.4. The van der Waals surface area contributed by atoms with E-state index in [2.05, 4.69) is 4.72 Å². The van der Waals surface area contributed by atoms with Crippen molar-refractivity contribution in [2.75, 3.05) is 33.5 Å². The molecule has 0 spiro atoms. The van der Waals surface area contributed by atoms with Gasteiger partial charge in [0.2, 0.25) is 10.0 Å². The summed E-state index contributed by atoms with van der Waals surface area (Å²) in [5.74, 6) is 0.190. The van der Waals surface area contributed by atoms with Crippen LogP contribution in [0.4, 0.5) is 0 Å². The Kier molecular flexibility index (Phi) is 8.88. The summed E-state index contributed by atoms with van der Waals surface area (Å²) >= 11 is 0. The third kappa shape index (κ3) is 7.01. The highest BCUT2D eigenvalue weighted by Crippen LogP contribution is 2.25. The number of carbonyl (C=O) groups excluding carboxylic acids is 1. The zero-order valence-electron chi connectivity index (χ0n) is 15.3. The number of rotatable bonds is 11. The van der Waals surface area contributed by atoms with E-state index < -0.39 is 16.0 Å². The van der Waals surface area contributed by atoms with Gasteiger partial charge < -0.3 is 14.2 Å². The Morgan fingerprint density at radius 2 is 1.80 bits per heavy atom. The molecule has 0 aromatic heterocycles. The van der Waals surface area contributed by atoms with E-state index in [4.69, 9.17) is 14.2 Å². The van der Waals surface area contributed by atoms with Gasteiger partial charge in [0, 0.05) is 26.7 Å². The van der Waals surface area contributed by atoms with Crippen LogP contribution in [0, 0.1) is 13.8 Å². The van der Waals surface area contributed by atoms with E-state index in [1.807, 2.05) is 0 Å². The van der Waals surface area contributed by atoms with Crippen LogP contribution < -0.4 is 9.46 Å². The van der Waals surface area contributed by atoms with Gasteiger partial charge in [-0.25, -0.2) is 13.1 Å². The third-order valence-corrected chi connectivity index (χ3v) is 5.16. The average molecular weight is 373 g/mol. The molecule has 0 amide bonds. The Morgan fingerprint density at radius 1 is 1.16 bits per heavy atom. The van der Waals surface area contributed by atoms with Crippen LogP contribution in [0.2, 0.25) is 0 Å². The molecule has 1 aromatic carbocycles. The summed E-state index contributed by atoms with van der Waals surface area (Å²) < 4.78 is 42.8. The summed E-state index contributed by atoms with van der Waals surface area (Å²) in [4.78, 5) is 11.5. The number of methoxy groups -OCH3 is 1. The summed E-state index contributed by atoms with van der Waals surface area (Å²) in [5.41, 5.74) is 1.18. The number of hydrogen-bond acceptors (Lipinski definition) is 6. The average Bonchev–Trinajstić information content (AvgIpc) is 2.50. The fraction of sp³-hybridized carbons (Fsp3) is 0.588. The molecule has 0 fully saturated rings. The monoisotopic (exact) mass is 373 g/mol. The first-order chi connectivity index (χ1) is 11.8. The molecular weight excluding hydrogens is 346 g/mol. The highest BCUT2D eigenvalue weighted by atomic mass is 32.2. The molecule has 0 aliphatic heterocycles. The van der Waals surface area contributed by atoms with Crippen LogP contribution in [0.15, 0.2) is 17.0 Å². The highest BCUT2D eigenvalue weighted by molar-refractivity contribution is 7.89. The molecule has 7 nitrogen and oxygen atoms in total. The smallest absolute Gasteiger partial charge is 0.307 e. The van der Waals surface area contributed by atoms with Crippen molar-refractivity contribution in [3.8, 4) is 5.75 Å². The maximum Gasteiger partial charge on any atom is 0.307 e. The molecule has 0 atom stereocenters. The summed E-state index contributed by atoms with van der Waals surface area (Å²) in [5, 5.41) is 0. The number of benzene rings is 1. The first-order valence-electron chi connectivity index (χ1n) is 8.20. The fourth-order valence-electron chi connectivity index (χ4n) is 2.40. The molecule has 0 aliphatic rings. The molecule has 1 N–H and O–H groups in total. The summed E-state index contributed by atoms with van der Waals surface area (Å²) in [6.07, 6.45) is 0.746. The van der Waals surface area contributed by atoms with Gasteiger partial charge in [0.15, 0.2) is 0 Å². The Balaban J connectivity index is 2.77. The molecule has 142 valence electrons. The Morgan fingerprint density at radius 3 is 2.36 bits per heavy atom. The Labute approximate surface area is 149 Å². The van der Waals surface area contributed by atoms with Gasteiger partial charge in [-0.1, -0.05) is 0 Å². The van der Waals surface area contributed by atoms with Gasteiger partial charge in [0.1, 0.15) is 5.75 Å². The van der Waals surface area contributed by atoms with Crippen molar-refractivity contribution < 1.29 is 27.4 Å². The van der Waals surface area contributed by atoms with E-state index in [1.165, 1.54) is 0 Å². The number of aryl methyl sites for hydroxylation is 2. The van der Waals surface area contributed by atoms with E-state index in [0.717, 1.165) is 6.42 Å². The van der Waals surface area contributed by atoms with E-state index in [9.17, 15) is 13.2 Å². The number of ether oxygens (including phenoxy) is 3. The number of carbonyl (C=O) groups is 1. The van der Waals surface area contributed by atoms with Gasteiger partial charge in [0.25, 0.3) is 0 Å². The van der Waals surface area contributed by atoms with Gasteiger partial charge >= 0.3 is 5.97 Å². The third-order valence-electron chi connectivity index (χ3n) is 3.39. The predicted octanol–water partition coefficient (Wildman–Crippen LogP) is 1.95. The van der Waals surface area contributed by atoms with Crippen LogP contribution >= 0.6 is 0 Å². The van der Waals surface area contributed by atoms with Crippen molar-refractivity contribution >= 4 is 16.0 Å². The van der Waals surface area contributed by atoms with Gasteiger partial charge in [-0.3, -0.25) is 4.79 Å². The largest absolute Gasteiger partial charge is 0.493 e. The number of sulfonamides is 1. The zero-order valence-corrected chi connectivity index (χ0v) is 16.1. The maximum atomic E-state index is 12.5. The van der Waals surface area contributed by atoms with E-state index in [1.54, 1.807) is 40.0 Å². The quantitative estimate of drug-likeness (QED) is 0.471. The van der Waals surface area contributed by atoms with Crippen molar-refractivity contribution in [3.63, 3.8) is 0 Å². The van der Waals surface area contributed by atoms with Crippen molar-refractivity contribution in [2.45, 2.75) is 38.5 Å². The summed E-state index contributed by atoms with van der Waals surface area (Å²) in [7, 11) is -2.08. The minimum absolute atomic E-state index is 0.00465. The van der Waals surface area contributed by atoms with E-state index in [0.29, 0.717) is 30.1 Å². The first-order valence-corrected chi connectivity index (χ1v) is 9.68. The summed E-state index contributed by atoms with van der Waals surface area (Å²) in [6.45, 7) is 6.51. The molecule has 0 aliphatic carbocycles. The van der Waals surface area contributed by atoms with E-state index in [-0.39, 0.29) is 24.5 Å². The lowest BCUT2D eigenvalue weighted by atomic mass is 10.1. The van der Waals surface area contributed by atoms with Crippen LogP contribution in [-0.2, 0) is 24.3 Å². The molecule has 0 saturated heterocycles. The normalized spacial score (nSPS) is 11.4. The molecule has 1 rings (SSSR count). The second-order valence-electron chi connectivity index (χ2n) is 5.53.